The molecular weight excluding hydrogens is 410 g/mol. The zero-order valence-corrected chi connectivity index (χ0v) is 17.7. The van der Waals surface area contributed by atoms with Crippen LogP contribution in [0, 0.1) is 0 Å². The second-order valence-corrected chi connectivity index (χ2v) is 9.85. The molecule has 2 amide bonds. The van der Waals surface area contributed by atoms with Crippen molar-refractivity contribution in [3.63, 3.8) is 0 Å². The van der Waals surface area contributed by atoms with Crippen molar-refractivity contribution < 1.29 is 18.0 Å². The molecule has 0 unspecified atom stereocenters. The van der Waals surface area contributed by atoms with Gasteiger partial charge in [-0.25, -0.2) is 17.7 Å². The lowest BCUT2D eigenvalue weighted by Crippen LogP contribution is -2.36. The first-order valence-corrected chi connectivity index (χ1v) is 11.4. The fraction of sp³-hybridized carbons (Fsp3) is 0.250. The SMILES string of the molecule is CCc1ccc2nc(NC(=O)c3ccc4c(c3)S(=O)(=O)N(C(C)C)C4=O)sc2c1. The molecule has 0 saturated carbocycles. The summed E-state index contributed by atoms with van der Waals surface area (Å²) in [5.74, 6) is -1.05. The fourth-order valence-electron chi connectivity index (χ4n) is 3.31. The summed E-state index contributed by atoms with van der Waals surface area (Å²) in [7, 11) is -3.96. The molecule has 0 saturated heterocycles. The number of carbonyl (C=O) groups excluding carboxylic acids is 2. The first-order valence-electron chi connectivity index (χ1n) is 9.16. The minimum Gasteiger partial charge on any atom is -0.298 e. The molecule has 1 N–H and O–H groups in total. The predicted octanol–water partition coefficient (Wildman–Crippen LogP) is 3.66. The molecule has 3 aromatic rings. The Bertz CT molecular complexity index is 1260. The quantitative estimate of drug-likeness (QED) is 0.683. The third-order valence-corrected chi connectivity index (χ3v) is 7.69. The van der Waals surface area contributed by atoms with Crippen molar-refractivity contribution in [2.45, 2.75) is 38.1 Å². The van der Waals surface area contributed by atoms with Crippen molar-refractivity contribution in [3.05, 3.63) is 53.1 Å². The summed E-state index contributed by atoms with van der Waals surface area (Å²) in [6, 6.07) is 9.53. The van der Waals surface area contributed by atoms with E-state index in [-0.39, 0.29) is 16.0 Å². The highest BCUT2D eigenvalue weighted by molar-refractivity contribution is 7.90. The number of nitrogens with zero attached hydrogens (tertiary/aromatic N) is 2. The maximum Gasteiger partial charge on any atom is 0.269 e. The smallest absolute Gasteiger partial charge is 0.269 e. The van der Waals surface area contributed by atoms with Gasteiger partial charge in [0.2, 0.25) is 0 Å². The maximum absolute atomic E-state index is 12.7. The van der Waals surface area contributed by atoms with Gasteiger partial charge >= 0.3 is 0 Å². The van der Waals surface area contributed by atoms with Gasteiger partial charge in [-0.3, -0.25) is 14.9 Å². The summed E-state index contributed by atoms with van der Waals surface area (Å²) in [6.45, 7) is 5.33. The zero-order valence-electron chi connectivity index (χ0n) is 16.1. The molecule has 29 heavy (non-hydrogen) atoms. The Balaban J connectivity index is 1.65. The summed E-state index contributed by atoms with van der Waals surface area (Å²) in [5, 5.41) is 3.16. The van der Waals surface area contributed by atoms with Crippen LogP contribution in [-0.4, -0.2) is 35.6 Å². The third kappa shape index (κ3) is 3.20. The van der Waals surface area contributed by atoms with E-state index in [1.54, 1.807) is 13.8 Å². The van der Waals surface area contributed by atoms with Crippen LogP contribution in [0.25, 0.3) is 10.2 Å². The summed E-state index contributed by atoms with van der Waals surface area (Å²) in [6.07, 6.45) is 0.908. The highest BCUT2D eigenvalue weighted by Crippen LogP contribution is 2.33. The molecule has 7 nitrogen and oxygen atoms in total. The molecule has 0 bridgehead atoms. The fourth-order valence-corrected chi connectivity index (χ4v) is 6.03. The summed E-state index contributed by atoms with van der Waals surface area (Å²) >= 11 is 1.36. The third-order valence-electron chi connectivity index (χ3n) is 4.76. The standard InChI is InChI=1S/C20H19N3O4S2/c1-4-12-5-8-15-16(9-12)28-20(21-15)22-18(24)13-6-7-14-17(10-13)29(26,27)23(11(2)3)19(14)25/h5-11H,4H2,1-3H3,(H,21,22,24). The van der Waals surface area contributed by atoms with E-state index in [9.17, 15) is 18.0 Å². The number of nitrogens with one attached hydrogen (secondary N) is 1. The molecule has 0 aliphatic carbocycles. The van der Waals surface area contributed by atoms with Crippen molar-refractivity contribution in [2.24, 2.45) is 0 Å². The van der Waals surface area contributed by atoms with Gasteiger partial charge in [-0.15, -0.1) is 0 Å². The van der Waals surface area contributed by atoms with Gasteiger partial charge in [-0.05, 0) is 56.2 Å². The molecule has 1 aromatic heterocycles. The lowest BCUT2D eigenvalue weighted by Gasteiger charge is -2.18. The Labute approximate surface area is 172 Å². The van der Waals surface area contributed by atoms with Gasteiger partial charge in [0.15, 0.2) is 5.13 Å². The lowest BCUT2D eigenvalue weighted by atomic mass is 10.1. The number of carbonyl (C=O) groups is 2. The molecule has 0 fully saturated rings. The monoisotopic (exact) mass is 429 g/mol. The van der Waals surface area contributed by atoms with E-state index in [0.29, 0.717) is 5.13 Å². The van der Waals surface area contributed by atoms with Crippen molar-refractivity contribution >= 4 is 48.5 Å². The van der Waals surface area contributed by atoms with Crippen LogP contribution >= 0.6 is 11.3 Å². The minimum absolute atomic E-state index is 0.0855. The van der Waals surface area contributed by atoms with Gasteiger partial charge in [0.25, 0.3) is 21.8 Å². The van der Waals surface area contributed by atoms with Gasteiger partial charge in [0.1, 0.15) is 4.90 Å². The molecular formula is C20H19N3O4S2. The van der Waals surface area contributed by atoms with E-state index in [1.165, 1.54) is 35.1 Å². The summed E-state index contributed by atoms with van der Waals surface area (Å²) in [5.41, 5.74) is 2.21. The number of thiazole rings is 1. The highest BCUT2D eigenvalue weighted by Gasteiger charge is 2.42. The molecule has 2 aromatic carbocycles. The van der Waals surface area contributed by atoms with Crippen LogP contribution in [0.15, 0.2) is 41.3 Å². The number of hydrogen-bond donors (Lipinski definition) is 1. The van der Waals surface area contributed by atoms with Gasteiger partial charge in [-0.1, -0.05) is 24.3 Å². The number of fused-ring (bicyclic) bond motifs is 2. The average Bonchev–Trinajstić information content (AvgIpc) is 3.16. The number of benzene rings is 2. The normalized spacial score (nSPS) is 15.2. The summed E-state index contributed by atoms with van der Waals surface area (Å²) in [4.78, 5) is 29.4. The Morgan fingerprint density at radius 2 is 1.97 bits per heavy atom. The number of rotatable bonds is 4. The van der Waals surface area contributed by atoms with Crippen LogP contribution in [0.3, 0.4) is 0 Å². The Morgan fingerprint density at radius 3 is 2.66 bits per heavy atom. The maximum atomic E-state index is 12.7. The van der Waals surface area contributed by atoms with Crippen LogP contribution in [0.1, 0.15) is 47.1 Å². The Hall–Kier alpha value is -2.78. The van der Waals surface area contributed by atoms with Gasteiger partial charge in [-0.2, -0.15) is 0 Å². The van der Waals surface area contributed by atoms with Crippen molar-refractivity contribution in [1.82, 2.24) is 9.29 Å². The minimum atomic E-state index is -3.96. The van der Waals surface area contributed by atoms with E-state index in [1.807, 2.05) is 18.2 Å². The number of aryl methyl sites for hydroxylation is 1. The highest BCUT2D eigenvalue weighted by atomic mass is 32.2. The van der Waals surface area contributed by atoms with E-state index < -0.39 is 27.9 Å². The molecule has 0 radical (unpaired) electrons. The number of amides is 2. The first-order chi connectivity index (χ1) is 13.7. The average molecular weight is 430 g/mol. The Kier molecular flexibility index (Phi) is 4.66. The topological polar surface area (TPSA) is 96.4 Å². The zero-order chi connectivity index (χ0) is 20.9. The molecule has 2 heterocycles. The van der Waals surface area contributed by atoms with Crippen molar-refractivity contribution in [3.8, 4) is 0 Å². The molecule has 1 aliphatic heterocycles. The Morgan fingerprint density at radius 1 is 1.21 bits per heavy atom. The molecule has 0 spiro atoms. The van der Waals surface area contributed by atoms with Crippen molar-refractivity contribution in [1.29, 1.82) is 0 Å². The van der Waals surface area contributed by atoms with Crippen LogP contribution in [-0.2, 0) is 16.4 Å². The van der Waals surface area contributed by atoms with Crippen LogP contribution in [0.5, 0.6) is 0 Å². The number of anilines is 1. The van der Waals surface area contributed by atoms with E-state index in [2.05, 4.69) is 17.2 Å². The molecule has 9 heteroatoms. The molecule has 4 rings (SSSR count). The largest absolute Gasteiger partial charge is 0.298 e. The van der Waals surface area contributed by atoms with Crippen LogP contribution in [0.2, 0.25) is 0 Å². The first kappa shape index (κ1) is 19.5. The second kappa shape index (κ2) is 6.93. The molecule has 1 aliphatic rings. The second-order valence-electron chi connectivity index (χ2n) is 7.04. The van der Waals surface area contributed by atoms with E-state index in [4.69, 9.17) is 0 Å². The van der Waals surface area contributed by atoms with Gasteiger partial charge in [0, 0.05) is 11.6 Å². The van der Waals surface area contributed by atoms with E-state index in [0.717, 1.165) is 20.9 Å². The molecule has 0 atom stereocenters. The predicted molar refractivity (Wildman–Crippen MR) is 112 cm³/mol. The van der Waals surface area contributed by atoms with Crippen LogP contribution in [0.4, 0.5) is 5.13 Å². The number of sulfonamides is 1. The summed E-state index contributed by atoms with van der Waals surface area (Å²) < 4.78 is 27.2. The van der Waals surface area contributed by atoms with Crippen molar-refractivity contribution in [2.75, 3.05) is 5.32 Å². The van der Waals surface area contributed by atoms with Gasteiger partial charge in [0.05, 0.1) is 15.8 Å². The number of hydrogen-bond acceptors (Lipinski definition) is 6. The van der Waals surface area contributed by atoms with Gasteiger partial charge < -0.3 is 0 Å². The molecule has 150 valence electrons. The number of aromatic nitrogens is 1. The van der Waals surface area contributed by atoms with E-state index >= 15 is 0 Å². The lowest BCUT2D eigenvalue weighted by molar-refractivity contribution is 0.0846. The van der Waals surface area contributed by atoms with Crippen LogP contribution < -0.4 is 5.32 Å².